The van der Waals surface area contributed by atoms with Crippen LogP contribution in [0.25, 0.3) is 22.6 Å². The normalized spacial score (nSPS) is 11.1. The van der Waals surface area contributed by atoms with Gasteiger partial charge < -0.3 is 19.5 Å². The molecular weight excluding hydrogens is 318 g/mol. The summed E-state index contributed by atoms with van der Waals surface area (Å²) in [5, 5.41) is 0. The van der Waals surface area contributed by atoms with Gasteiger partial charge in [0, 0.05) is 0 Å². The van der Waals surface area contributed by atoms with Gasteiger partial charge in [0.15, 0.2) is 11.4 Å². The standard InChI is InChI=1S/C18H17N5O2/c1-11-6-7-14(25-11)15-16-17(22-18(19)21-15)23(10-20-16)9-12-4-3-5-13(8-12)24-2/h3-8,10H,9H2,1-2H3,(H2,19,21,22). The van der Waals surface area contributed by atoms with Crippen molar-refractivity contribution in [3.05, 3.63) is 54.0 Å². The molecule has 0 fully saturated rings. The quantitative estimate of drug-likeness (QED) is 0.616. The summed E-state index contributed by atoms with van der Waals surface area (Å²) >= 11 is 0. The summed E-state index contributed by atoms with van der Waals surface area (Å²) in [6.07, 6.45) is 1.73. The van der Waals surface area contributed by atoms with E-state index in [9.17, 15) is 0 Å². The molecule has 1 aromatic carbocycles. The summed E-state index contributed by atoms with van der Waals surface area (Å²) < 4.78 is 12.9. The van der Waals surface area contributed by atoms with Gasteiger partial charge in [-0.15, -0.1) is 0 Å². The molecule has 25 heavy (non-hydrogen) atoms. The van der Waals surface area contributed by atoms with Crippen molar-refractivity contribution < 1.29 is 9.15 Å². The molecule has 4 rings (SSSR count). The van der Waals surface area contributed by atoms with Crippen molar-refractivity contribution in [2.24, 2.45) is 0 Å². The highest BCUT2D eigenvalue weighted by molar-refractivity contribution is 5.86. The number of methoxy groups -OCH3 is 1. The molecule has 7 nitrogen and oxygen atoms in total. The first-order valence-corrected chi connectivity index (χ1v) is 7.82. The third kappa shape index (κ3) is 2.80. The molecule has 4 aromatic rings. The Labute approximate surface area is 144 Å². The Bertz CT molecular complexity index is 1050. The van der Waals surface area contributed by atoms with Crippen LogP contribution in [0.2, 0.25) is 0 Å². The molecule has 0 bridgehead atoms. The number of ether oxygens (including phenoxy) is 1. The van der Waals surface area contributed by atoms with E-state index in [2.05, 4.69) is 15.0 Å². The summed E-state index contributed by atoms with van der Waals surface area (Å²) in [7, 11) is 1.65. The SMILES string of the molecule is COc1cccc(Cn2cnc3c(-c4ccc(C)o4)nc(N)nc32)c1. The van der Waals surface area contributed by atoms with Crippen LogP contribution in [0.5, 0.6) is 5.75 Å². The van der Waals surface area contributed by atoms with Gasteiger partial charge in [0.25, 0.3) is 0 Å². The Hall–Kier alpha value is -3.35. The summed E-state index contributed by atoms with van der Waals surface area (Å²) in [6, 6.07) is 11.6. The average molecular weight is 335 g/mol. The Balaban J connectivity index is 1.80. The van der Waals surface area contributed by atoms with Crippen molar-refractivity contribution in [3.63, 3.8) is 0 Å². The minimum Gasteiger partial charge on any atom is -0.497 e. The molecule has 0 aliphatic rings. The maximum Gasteiger partial charge on any atom is 0.222 e. The lowest BCUT2D eigenvalue weighted by molar-refractivity contribution is 0.414. The highest BCUT2D eigenvalue weighted by Gasteiger charge is 2.16. The first-order chi connectivity index (χ1) is 12.1. The molecule has 0 amide bonds. The van der Waals surface area contributed by atoms with Gasteiger partial charge >= 0.3 is 0 Å². The second-order valence-corrected chi connectivity index (χ2v) is 5.74. The van der Waals surface area contributed by atoms with Gasteiger partial charge in [-0.3, -0.25) is 0 Å². The monoisotopic (exact) mass is 335 g/mol. The molecule has 0 aliphatic heterocycles. The number of nitrogen functional groups attached to an aromatic ring is 1. The lowest BCUT2D eigenvalue weighted by Crippen LogP contribution is -2.03. The molecule has 7 heteroatoms. The molecule has 0 atom stereocenters. The largest absolute Gasteiger partial charge is 0.497 e. The predicted molar refractivity (Wildman–Crippen MR) is 94.3 cm³/mol. The summed E-state index contributed by atoms with van der Waals surface area (Å²) in [4.78, 5) is 13.1. The summed E-state index contributed by atoms with van der Waals surface area (Å²) in [5.41, 5.74) is 8.91. The minimum atomic E-state index is 0.184. The number of hydrogen-bond acceptors (Lipinski definition) is 6. The highest BCUT2D eigenvalue weighted by atomic mass is 16.5. The van der Waals surface area contributed by atoms with Crippen LogP contribution in [0.4, 0.5) is 5.95 Å². The second kappa shape index (κ2) is 5.94. The van der Waals surface area contributed by atoms with E-state index in [0.717, 1.165) is 17.1 Å². The fourth-order valence-electron chi connectivity index (χ4n) is 2.78. The van der Waals surface area contributed by atoms with E-state index >= 15 is 0 Å². The van der Waals surface area contributed by atoms with E-state index in [1.165, 1.54) is 0 Å². The van der Waals surface area contributed by atoms with E-state index in [-0.39, 0.29) is 5.95 Å². The van der Waals surface area contributed by atoms with E-state index in [0.29, 0.717) is 29.2 Å². The van der Waals surface area contributed by atoms with E-state index in [1.807, 2.05) is 47.9 Å². The maximum absolute atomic E-state index is 5.91. The second-order valence-electron chi connectivity index (χ2n) is 5.74. The van der Waals surface area contributed by atoms with Crippen LogP contribution in [0.3, 0.4) is 0 Å². The van der Waals surface area contributed by atoms with Crippen molar-refractivity contribution in [2.45, 2.75) is 13.5 Å². The molecular formula is C18H17N5O2. The number of nitrogens with two attached hydrogens (primary N) is 1. The van der Waals surface area contributed by atoms with E-state index in [4.69, 9.17) is 14.9 Å². The molecule has 3 heterocycles. The Morgan fingerprint density at radius 3 is 2.84 bits per heavy atom. The molecule has 0 unspecified atom stereocenters. The van der Waals surface area contributed by atoms with Crippen LogP contribution < -0.4 is 10.5 Å². The van der Waals surface area contributed by atoms with Gasteiger partial charge in [0.05, 0.1) is 20.0 Å². The third-order valence-electron chi connectivity index (χ3n) is 3.94. The number of imidazole rings is 1. The summed E-state index contributed by atoms with van der Waals surface area (Å²) in [5.74, 6) is 2.42. The number of fused-ring (bicyclic) bond motifs is 1. The average Bonchev–Trinajstić information content (AvgIpc) is 3.21. The lowest BCUT2D eigenvalue weighted by Gasteiger charge is -2.07. The van der Waals surface area contributed by atoms with Crippen molar-refractivity contribution in [2.75, 3.05) is 12.8 Å². The van der Waals surface area contributed by atoms with Crippen molar-refractivity contribution in [3.8, 4) is 17.2 Å². The van der Waals surface area contributed by atoms with Crippen LogP contribution in [0.1, 0.15) is 11.3 Å². The number of hydrogen-bond donors (Lipinski definition) is 1. The van der Waals surface area contributed by atoms with Crippen LogP contribution in [0.15, 0.2) is 47.1 Å². The van der Waals surface area contributed by atoms with E-state index in [1.54, 1.807) is 13.4 Å². The van der Waals surface area contributed by atoms with Crippen LogP contribution in [-0.4, -0.2) is 26.6 Å². The zero-order valence-electron chi connectivity index (χ0n) is 13.9. The maximum atomic E-state index is 5.91. The Kier molecular flexibility index (Phi) is 3.61. The molecule has 0 saturated heterocycles. The fourth-order valence-corrected chi connectivity index (χ4v) is 2.78. The predicted octanol–water partition coefficient (Wildman–Crippen LogP) is 3.03. The number of nitrogens with zero attached hydrogens (tertiary/aromatic N) is 4. The number of benzene rings is 1. The zero-order valence-corrected chi connectivity index (χ0v) is 13.9. The Morgan fingerprint density at radius 2 is 2.08 bits per heavy atom. The molecule has 2 N–H and O–H groups in total. The first kappa shape index (κ1) is 15.2. The Morgan fingerprint density at radius 1 is 1.20 bits per heavy atom. The van der Waals surface area contributed by atoms with Gasteiger partial charge in [-0.05, 0) is 36.8 Å². The zero-order chi connectivity index (χ0) is 17.4. The number of rotatable bonds is 4. The highest BCUT2D eigenvalue weighted by Crippen LogP contribution is 2.27. The van der Waals surface area contributed by atoms with Crippen molar-refractivity contribution in [1.29, 1.82) is 0 Å². The van der Waals surface area contributed by atoms with Gasteiger partial charge in [-0.2, -0.15) is 4.98 Å². The van der Waals surface area contributed by atoms with Crippen LogP contribution >= 0.6 is 0 Å². The first-order valence-electron chi connectivity index (χ1n) is 7.82. The number of anilines is 1. The van der Waals surface area contributed by atoms with Crippen molar-refractivity contribution >= 4 is 17.1 Å². The van der Waals surface area contributed by atoms with Gasteiger partial charge in [-0.25, -0.2) is 9.97 Å². The minimum absolute atomic E-state index is 0.184. The molecule has 3 aromatic heterocycles. The van der Waals surface area contributed by atoms with Crippen LogP contribution in [-0.2, 0) is 6.54 Å². The number of furan rings is 1. The smallest absolute Gasteiger partial charge is 0.222 e. The van der Waals surface area contributed by atoms with E-state index < -0.39 is 0 Å². The van der Waals surface area contributed by atoms with Gasteiger partial charge in [-0.1, -0.05) is 12.1 Å². The third-order valence-corrected chi connectivity index (χ3v) is 3.94. The number of aryl methyl sites for hydroxylation is 1. The topological polar surface area (TPSA) is 92.0 Å². The molecule has 0 aliphatic carbocycles. The van der Waals surface area contributed by atoms with Crippen LogP contribution in [0, 0.1) is 6.92 Å². The van der Waals surface area contributed by atoms with Gasteiger partial charge in [0.1, 0.15) is 22.7 Å². The molecule has 126 valence electrons. The van der Waals surface area contributed by atoms with Crippen molar-refractivity contribution in [1.82, 2.24) is 19.5 Å². The number of aromatic nitrogens is 4. The molecule has 0 saturated carbocycles. The lowest BCUT2D eigenvalue weighted by atomic mass is 10.2. The fraction of sp³-hybridized carbons (Fsp3) is 0.167. The van der Waals surface area contributed by atoms with Gasteiger partial charge in [0.2, 0.25) is 5.95 Å². The summed E-state index contributed by atoms with van der Waals surface area (Å²) in [6.45, 7) is 2.48. The molecule has 0 radical (unpaired) electrons. The molecule has 0 spiro atoms.